The van der Waals surface area contributed by atoms with E-state index < -0.39 is 0 Å². The molecule has 21 heavy (non-hydrogen) atoms. The molecule has 1 aromatic carbocycles. The standard InChI is InChI=1S/C17H21N3O/c1-11(2)21-13-6-3-5-12(9-13)17-19-10-14-15(18)7-4-8-16(14)20-17/h3,5-6,9-11,15H,4,7-8,18H2,1-2H3. The number of nitrogens with zero attached hydrogens (tertiary/aromatic N) is 2. The molecule has 1 aliphatic rings. The van der Waals surface area contributed by atoms with Crippen molar-refractivity contribution in [3.8, 4) is 17.1 Å². The zero-order valence-electron chi connectivity index (χ0n) is 12.5. The predicted molar refractivity (Wildman–Crippen MR) is 83.1 cm³/mol. The molecule has 1 aromatic heterocycles. The number of aromatic nitrogens is 2. The van der Waals surface area contributed by atoms with Gasteiger partial charge in [-0.25, -0.2) is 9.97 Å². The molecule has 3 rings (SSSR count). The van der Waals surface area contributed by atoms with Crippen LogP contribution in [0.1, 0.15) is 44.0 Å². The molecule has 4 nitrogen and oxygen atoms in total. The highest BCUT2D eigenvalue weighted by Crippen LogP contribution is 2.28. The van der Waals surface area contributed by atoms with E-state index in [1.807, 2.05) is 44.3 Å². The van der Waals surface area contributed by atoms with Crippen LogP contribution in [-0.2, 0) is 6.42 Å². The van der Waals surface area contributed by atoms with Crippen LogP contribution in [-0.4, -0.2) is 16.1 Å². The summed E-state index contributed by atoms with van der Waals surface area (Å²) in [4.78, 5) is 9.19. The second-order valence-electron chi connectivity index (χ2n) is 5.79. The van der Waals surface area contributed by atoms with Crippen LogP contribution in [0.3, 0.4) is 0 Å². The van der Waals surface area contributed by atoms with E-state index in [1.54, 1.807) is 0 Å². The van der Waals surface area contributed by atoms with E-state index in [2.05, 4.69) is 4.98 Å². The lowest BCUT2D eigenvalue weighted by atomic mass is 9.93. The molecular weight excluding hydrogens is 262 g/mol. The number of fused-ring (bicyclic) bond motifs is 1. The van der Waals surface area contributed by atoms with Gasteiger partial charge >= 0.3 is 0 Å². The van der Waals surface area contributed by atoms with Crippen molar-refractivity contribution < 1.29 is 4.74 Å². The van der Waals surface area contributed by atoms with Crippen LogP contribution in [0.5, 0.6) is 5.75 Å². The zero-order chi connectivity index (χ0) is 14.8. The molecule has 1 aliphatic carbocycles. The number of ether oxygens (including phenoxy) is 1. The number of nitrogens with two attached hydrogens (primary N) is 1. The number of benzene rings is 1. The van der Waals surface area contributed by atoms with Gasteiger partial charge in [-0.05, 0) is 45.2 Å². The number of hydrogen-bond acceptors (Lipinski definition) is 4. The molecule has 0 spiro atoms. The first-order valence-corrected chi connectivity index (χ1v) is 7.52. The maximum atomic E-state index is 6.11. The Kier molecular flexibility index (Phi) is 3.88. The summed E-state index contributed by atoms with van der Waals surface area (Å²) in [6, 6.07) is 8.01. The summed E-state index contributed by atoms with van der Waals surface area (Å²) in [7, 11) is 0. The molecule has 110 valence electrons. The highest BCUT2D eigenvalue weighted by molar-refractivity contribution is 5.58. The van der Waals surface area contributed by atoms with E-state index in [4.69, 9.17) is 15.5 Å². The van der Waals surface area contributed by atoms with Gasteiger partial charge in [0, 0.05) is 29.1 Å². The maximum Gasteiger partial charge on any atom is 0.159 e. The van der Waals surface area contributed by atoms with Crippen molar-refractivity contribution in [3.63, 3.8) is 0 Å². The average Bonchev–Trinajstić information content (AvgIpc) is 2.47. The van der Waals surface area contributed by atoms with E-state index in [1.165, 1.54) is 0 Å². The fourth-order valence-electron chi connectivity index (χ4n) is 2.70. The van der Waals surface area contributed by atoms with Crippen LogP contribution in [0.15, 0.2) is 30.5 Å². The topological polar surface area (TPSA) is 61.0 Å². The van der Waals surface area contributed by atoms with Crippen molar-refractivity contribution >= 4 is 0 Å². The summed E-state index contributed by atoms with van der Waals surface area (Å²) in [6.07, 6.45) is 5.15. The van der Waals surface area contributed by atoms with Gasteiger partial charge in [-0.15, -0.1) is 0 Å². The Morgan fingerprint density at radius 2 is 2.19 bits per heavy atom. The van der Waals surface area contributed by atoms with Crippen LogP contribution < -0.4 is 10.5 Å². The number of aryl methyl sites for hydroxylation is 1. The quantitative estimate of drug-likeness (QED) is 0.939. The van der Waals surface area contributed by atoms with Crippen molar-refractivity contribution in [1.82, 2.24) is 9.97 Å². The molecule has 0 radical (unpaired) electrons. The Morgan fingerprint density at radius 1 is 1.33 bits per heavy atom. The molecule has 4 heteroatoms. The Hall–Kier alpha value is -1.94. The third-order valence-electron chi connectivity index (χ3n) is 3.69. The molecule has 1 heterocycles. The fraction of sp³-hybridized carbons (Fsp3) is 0.412. The van der Waals surface area contributed by atoms with Crippen molar-refractivity contribution in [2.24, 2.45) is 5.73 Å². The first kappa shape index (κ1) is 14.0. The van der Waals surface area contributed by atoms with Gasteiger partial charge in [0.05, 0.1) is 6.10 Å². The lowest BCUT2D eigenvalue weighted by Crippen LogP contribution is -2.19. The van der Waals surface area contributed by atoms with Crippen molar-refractivity contribution in [2.75, 3.05) is 0 Å². The molecule has 0 aliphatic heterocycles. The van der Waals surface area contributed by atoms with Gasteiger partial charge in [0.1, 0.15) is 5.75 Å². The average molecular weight is 283 g/mol. The summed E-state index contributed by atoms with van der Waals surface area (Å²) < 4.78 is 5.73. The summed E-state index contributed by atoms with van der Waals surface area (Å²) in [5, 5.41) is 0. The van der Waals surface area contributed by atoms with E-state index in [0.29, 0.717) is 0 Å². The minimum Gasteiger partial charge on any atom is -0.491 e. The molecule has 2 aromatic rings. The van der Waals surface area contributed by atoms with Gasteiger partial charge < -0.3 is 10.5 Å². The van der Waals surface area contributed by atoms with Gasteiger partial charge in [0.2, 0.25) is 0 Å². The molecule has 1 atom stereocenters. The normalized spacial score (nSPS) is 17.6. The van der Waals surface area contributed by atoms with Crippen molar-refractivity contribution in [3.05, 3.63) is 41.7 Å². The lowest BCUT2D eigenvalue weighted by Gasteiger charge is -2.21. The van der Waals surface area contributed by atoms with Gasteiger partial charge in [0.25, 0.3) is 0 Å². The maximum absolute atomic E-state index is 6.11. The summed E-state index contributed by atoms with van der Waals surface area (Å²) >= 11 is 0. The summed E-state index contributed by atoms with van der Waals surface area (Å²) in [5.74, 6) is 1.59. The fourth-order valence-corrected chi connectivity index (χ4v) is 2.70. The molecule has 0 saturated carbocycles. The predicted octanol–water partition coefficient (Wildman–Crippen LogP) is 3.27. The highest BCUT2D eigenvalue weighted by Gasteiger charge is 2.19. The molecule has 0 saturated heterocycles. The summed E-state index contributed by atoms with van der Waals surface area (Å²) in [5.41, 5.74) is 9.28. The number of hydrogen-bond donors (Lipinski definition) is 1. The van der Waals surface area contributed by atoms with Gasteiger partial charge in [0.15, 0.2) is 5.82 Å². The Labute approximate surface area is 125 Å². The van der Waals surface area contributed by atoms with Crippen molar-refractivity contribution in [1.29, 1.82) is 0 Å². The smallest absolute Gasteiger partial charge is 0.159 e. The summed E-state index contributed by atoms with van der Waals surface area (Å²) in [6.45, 7) is 4.03. The minimum absolute atomic E-state index is 0.0819. The third-order valence-corrected chi connectivity index (χ3v) is 3.69. The van der Waals surface area contributed by atoms with Gasteiger partial charge in [-0.1, -0.05) is 12.1 Å². The second-order valence-corrected chi connectivity index (χ2v) is 5.79. The molecular formula is C17H21N3O. The SMILES string of the molecule is CC(C)Oc1cccc(-c2ncc3c(n2)CCCC3N)c1. The van der Waals surface area contributed by atoms with E-state index in [0.717, 1.165) is 47.7 Å². The van der Waals surface area contributed by atoms with Crippen molar-refractivity contribution in [2.45, 2.75) is 45.3 Å². The monoisotopic (exact) mass is 283 g/mol. The zero-order valence-corrected chi connectivity index (χ0v) is 12.5. The van der Waals surface area contributed by atoms with Crippen LogP contribution in [0.2, 0.25) is 0 Å². The van der Waals surface area contributed by atoms with Crippen LogP contribution >= 0.6 is 0 Å². The largest absolute Gasteiger partial charge is 0.491 e. The molecule has 0 fully saturated rings. The Morgan fingerprint density at radius 3 is 3.00 bits per heavy atom. The van der Waals surface area contributed by atoms with E-state index >= 15 is 0 Å². The molecule has 2 N–H and O–H groups in total. The first-order chi connectivity index (χ1) is 10.1. The lowest BCUT2D eigenvalue weighted by molar-refractivity contribution is 0.242. The van der Waals surface area contributed by atoms with Crippen LogP contribution in [0, 0.1) is 0 Å². The highest BCUT2D eigenvalue weighted by atomic mass is 16.5. The van der Waals surface area contributed by atoms with Gasteiger partial charge in [-0.2, -0.15) is 0 Å². The second kappa shape index (κ2) is 5.82. The van der Waals surface area contributed by atoms with E-state index in [9.17, 15) is 0 Å². The molecule has 0 amide bonds. The van der Waals surface area contributed by atoms with Crippen LogP contribution in [0.25, 0.3) is 11.4 Å². The first-order valence-electron chi connectivity index (χ1n) is 7.52. The third kappa shape index (κ3) is 3.05. The van der Waals surface area contributed by atoms with E-state index in [-0.39, 0.29) is 12.1 Å². The Balaban J connectivity index is 1.93. The van der Waals surface area contributed by atoms with Gasteiger partial charge in [-0.3, -0.25) is 0 Å². The molecule has 0 bridgehead atoms. The van der Waals surface area contributed by atoms with Crippen LogP contribution in [0.4, 0.5) is 0 Å². The Bertz CT molecular complexity index is 640. The minimum atomic E-state index is 0.0819. The number of rotatable bonds is 3. The molecule has 1 unspecified atom stereocenters.